The topological polar surface area (TPSA) is 86.2 Å². The summed E-state index contributed by atoms with van der Waals surface area (Å²) in [5.74, 6) is -0.0694. The second-order valence-corrected chi connectivity index (χ2v) is 4.64. The van der Waals surface area contributed by atoms with E-state index in [0.29, 0.717) is 0 Å². The lowest BCUT2D eigenvalue weighted by Gasteiger charge is -2.36. The van der Waals surface area contributed by atoms with Crippen LogP contribution in [0.3, 0.4) is 0 Å². The summed E-state index contributed by atoms with van der Waals surface area (Å²) in [5.41, 5.74) is 5.12. The van der Waals surface area contributed by atoms with Gasteiger partial charge in [-0.1, -0.05) is 0 Å². The standard InChI is InChI=1S/C5H12N2O2S/c6-5(2-1-3-5)4-10(7,8)9/h1-4,6H2,(H2,7,8,9). The van der Waals surface area contributed by atoms with E-state index < -0.39 is 15.6 Å². The van der Waals surface area contributed by atoms with Crippen molar-refractivity contribution < 1.29 is 8.42 Å². The zero-order valence-electron chi connectivity index (χ0n) is 5.71. The van der Waals surface area contributed by atoms with Gasteiger partial charge in [0.1, 0.15) is 0 Å². The van der Waals surface area contributed by atoms with E-state index in [2.05, 4.69) is 0 Å². The fourth-order valence-electron chi connectivity index (χ4n) is 1.18. The maximum absolute atomic E-state index is 10.5. The Bertz CT molecular complexity index is 218. The number of hydrogen-bond donors (Lipinski definition) is 2. The first-order chi connectivity index (χ1) is 4.41. The van der Waals surface area contributed by atoms with Gasteiger partial charge in [0, 0.05) is 5.54 Å². The molecule has 0 aliphatic heterocycles. The average molecular weight is 164 g/mol. The molecule has 4 nitrogen and oxygen atoms in total. The van der Waals surface area contributed by atoms with Crippen LogP contribution in [-0.2, 0) is 10.0 Å². The highest BCUT2D eigenvalue weighted by Gasteiger charge is 2.35. The van der Waals surface area contributed by atoms with E-state index in [1.165, 1.54) is 0 Å². The minimum atomic E-state index is -3.37. The number of nitrogens with two attached hydrogens (primary N) is 2. The average Bonchev–Trinajstić information content (AvgIpc) is 1.57. The van der Waals surface area contributed by atoms with Crippen LogP contribution in [0, 0.1) is 0 Å². The van der Waals surface area contributed by atoms with Gasteiger partial charge in [-0.05, 0) is 19.3 Å². The van der Waals surface area contributed by atoms with Crippen molar-refractivity contribution in [1.82, 2.24) is 0 Å². The minimum Gasteiger partial charge on any atom is -0.324 e. The molecule has 0 unspecified atom stereocenters. The number of hydrogen-bond acceptors (Lipinski definition) is 3. The lowest BCUT2D eigenvalue weighted by Crippen LogP contribution is -2.53. The summed E-state index contributed by atoms with van der Waals surface area (Å²) >= 11 is 0. The van der Waals surface area contributed by atoms with Crippen molar-refractivity contribution in [3.8, 4) is 0 Å². The van der Waals surface area contributed by atoms with Gasteiger partial charge < -0.3 is 5.73 Å². The van der Waals surface area contributed by atoms with E-state index in [1.54, 1.807) is 0 Å². The number of rotatable bonds is 2. The van der Waals surface area contributed by atoms with E-state index in [0.717, 1.165) is 19.3 Å². The SMILES string of the molecule is NC1(CS(N)(=O)=O)CCC1. The Hall–Kier alpha value is -0.130. The highest BCUT2D eigenvalue weighted by Crippen LogP contribution is 2.29. The lowest BCUT2D eigenvalue weighted by molar-refractivity contribution is 0.279. The minimum absolute atomic E-state index is 0.0694. The molecule has 0 aromatic rings. The largest absolute Gasteiger partial charge is 0.324 e. The molecule has 1 fully saturated rings. The Labute approximate surface area is 60.6 Å². The second kappa shape index (κ2) is 2.18. The van der Waals surface area contributed by atoms with Crippen LogP contribution in [0.25, 0.3) is 0 Å². The van der Waals surface area contributed by atoms with Crippen molar-refractivity contribution in [1.29, 1.82) is 0 Å². The van der Waals surface area contributed by atoms with Crippen LogP contribution in [0.5, 0.6) is 0 Å². The first kappa shape index (κ1) is 7.97. The molecule has 10 heavy (non-hydrogen) atoms. The van der Waals surface area contributed by atoms with Gasteiger partial charge in [-0.25, -0.2) is 13.6 Å². The third-order valence-electron chi connectivity index (χ3n) is 1.84. The molecule has 0 aromatic heterocycles. The molecule has 0 saturated heterocycles. The van der Waals surface area contributed by atoms with Crippen molar-refractivity contribution in [2.75, 3.05) is 5.75 Å². The van der Waals surface area contributed by atoms with Crippen LogP contribution < -0.4 is 10.9 Å². The summed E-state index contributed by atoms with van der Waals surface area (Å²) in [7, 11) is -3.37. The summed E-state index contributed by atoms with van der Waals surface area (Å²) in [6.45, 7) is 0. The van der Waals surface area contributed by atoms with E-state index in [-0.39, 0.29) is 5.75 Å². The highest BCUT2D eigenvalue weighted by atomic mass is 32.2. The summed E-state index contributed by atoms with van der Waals surface area (Å²) < 4.78 is 21.1. The van der Waals surface area contributed by atoms with Crippen molar-refractivity contribution in [3.05, 3.63) is 0 Å². The molecule has 1 aliphatic rings. The predicted octanol–water partition coefficient (Wildman–Crippen LogP) is -0.844. The molecule has 5 heteroatoms. The first-order valence-electron chi connectivity index (χ1n) is 3.21. The zero-order valence-corrected chi connectivity index (χ0v) is 6.52. The van der Waals surface area contributed by atoms with Gasteiger partial charge in [-0.3, -0.25) is 0 Å². The summed E-state index contributed by atoms with van der Waals surface area (Å²) in [6.07, 6.45) is 2.58. The quantitative estimate of drug-likeness (QED) is 0.557. The maximum Gasteiger partial charge on any atom is 0.210 e. The van der Waals surface area contributed by atoms with Crippen LogP contribution in [-0.4, -0.2) is 19.7 Å². The molecule has 0 amide bonds. The van der Waals surface area contributed by atoms with Gasteiger partial charge in [0.05, 0.1) is 5.75 Å². The third kappa shape index (κ3) is 1.93. The Morgan fingerprint density at radius 1 is 1.40 bits per heavy atom. The second-order valence-electron chi connectivity index (χ2n) is 3.02. The Morgan fingerprint density at radius 3 is 2.00 bits per heavy atom. The van der Waals surface area contributed by atoms with Crippen LogP contribution in [0.2, 0.25) is 0 Å². The smallest absolute Gasteiger partial charge is 0.210 e. The summed E-state index contributed by atoms with van der Waals surface area (Å²) in [5, 5.41) is 4.82. The fourth-order valence-corrected chi connectivity index (χ4v) is 2.27. The molecular formula is C5H12N2O2S. The molecule has 0 radical (unpaired) electrons. The molecule has 4 N–H and O–H groups in total. The van der Waals surface area contributed by atoms with E-state index >= 15 is 0 Å². The van der Waals surface area contributed by atoms with Crippen molar-refractivity contribution in [2.45, 2.75) is 24.8 Å². The zero-order chi connectivity index (χ0) is 7.83. The normalized spacial score (nSPS) is 23.8. The first-order valence-corrected chi connectivity index (χ1v) is 4.92. The third-order valence-corrected chi connectivity index (χ3v) is 2.82. The Morgan fingerprint density at radius 2 is 1.90 bits per heavy atom. The monoisotopic (exact) mass is 164 g/mol. The molecule has 0 heterocycles. The highest BCUT2D eigenvalue weighted by molar-refractivity contribution is 7.89. The molecule has 60 valence electrons. The number of sulfonamides is 1. The van der Waals surface area contributed by atoms with Gasteiger partial charge in [-0.2, -0.15) is 0 Å². The van der Waals surface area contributed by atoms with E-state index in [9.17, 15) is 8.42 Å². The van der Waals surface area contributed by atoms with Crippen LogP contribution in [0.1, 0.15) is 19.3 Å². The molecule has 1 aliphatic carbocycles. The van der Waals surface area contributed by atoms with Gasteiger partial charge in [-0.15, -0.1) is 0 Å². The van der Waals surface area contributed by atoms with E-state index in [4.69, 9.17) is 10.9 Å². The maximum atomic E-state index is 10.5. The Kier molecular flexibility index (Phi) is 1.74. The molecule has 0 bridgehead atoms. The number of primary sulfonamides is 1. The molecule has 0 aromatic carbocycles. The van der Waals surface area contributed by atoms with Gasteiger partial charge in [0.25, 0.3) is 0 Å². The molecule has 1 rings (SSSR count). The van der Waals surface area contributed by atoms with Gasteiger partial charge >= 0.3 is 0 Å². The van der Waals surface area contributed by atoms with Crippen LogP contribution >= 0.6 is 0 Å². The molecule has 0 atom stereocenters. The Balaban J connectivity index is 2.53. The van der Waals surface area contributed by atoms with Crippen LogP contribution in [0.4, 0.5) is 0 Å². The molecule has 0 spiro atoms. The summed E-state index contributed by atoms with van der Waals surface area (Å²) in [4.78, 5) is 0. The van der Waals surface area contributed by atoms with Crippen molar-refractivity contribution >= 4 is 10.0 Å². The fraction of sp³-hybridized carbons (Fsp3) is 1.00. The lowest BCUT2D eigenvalue weighted by atomic mass is 9.79. The predicted molar refractivity (Wildman–Crippen MR) is 38.7 cm³/mol. The van der Waals surface area contributed by atoms with Gasteiger partial charge in [0.15, 0.2) is 0 Å². The molecular weight excluding hydrogens is 152 g/mol. The molecule has 1 saturated carbocycles. The van der Waals surface area contributed by atoms with Crippen LogP contribution in [0.15, 0.2) is 0 Å². The summed E-state index contributed by atoms with van der Waals surface area (Å²) in [6, 6.07) is 0. The van der Waals surface area contributed by atoms with E-state index in [1.807, 2.05) is 0 Å². The van der Waals surface area contributed by atoms with Gasteiger partial charge in [0.2, 0.25) is 10.0 Å². The van der Waals surface area contributed by atoms with Crippen molar-refractivity contribution in [3.63, 3.8) is 0 Å². The van der Waals surface area contributed by atoms with Crippen molar-refractivity contribution in [2.24, 2.45) is 10.9 Å².